The highest BCUT2D eigenvalue weighted by Crippen LogP contribution is 2.20. The number of rotatable bonds is 4. The molecule has 18 heavy (non-hydrogen) atoms. The third-order valence-corrected chi connectivity index (χ3v) is 4.35. The number of ketones is 1. The Morgan fingerprint density at radius 2 is 2.22 bits per heavy atom. The third kappa shape index (κ3) is 2.97. The van der Waals surface area contributed by atoms with Gasteiger partial charge in [-0.05, 0) is 38.4 Å². The van der Waals surface area contributed by atoms with Crippen LogP contribution in [-0.2, 0) is 4.79 Å². The second-order valence-corrected chi connectivity index (χ2v) is 6.01. The molecule has 2 N–H and O–H groups in total. The number of nitrogens with two attached hydrogens (primary N) is 1. The topological polar surface area (TPSA) is 63.4 Å². The zero-order valence-electron chi connectivity index (χ0n) is 10.5. The molecule has 1 amide bonds. The standard InChI is InChI=1S/C13H18N2O2S/c1-9-5-6-12(18-9)11(16)8-15-7-3-2-4-10(15)13(14)17/h5-6,10H,2-4,7-8H2,1H3,(H2,14,17). The van der Waals surface area contributed by atoms with Gasteiger partial charge in [-0.1, -0.05) is 6.42 Å². The molecule has 0 saturated carbocycles. The molecule has 1 saturated heterocycles. The molecule has 1 aliphatic heterocycles. The van der Waals surface area contributed by atoms with Gasteiger partial charge in [0.2, 0.25) is 5.91 Å². The number of aryl methyl sites for hydroxylation is 1. The minimum atomic E-state index is -0.315. The predicted octanol–water partition coefficient (Wildman–Crippen LogP) is 1.58. The Morgan fingerprint density at radius 1 is 1.44 bits per heavy atom. The summed E-state index contributed by atoms with van der Waals surface area (Å²) in [6.07, 6.45) is 2.81. The number of amides is 1. The van der Waals surface area contributed by atoms with E-state index in [2.05, 4.69) is 0 Å². The molecule has 1 aromatic rings. The van der Waals surface area contributed by atoms with Crippen LogP contribution in [0.1, 0.15) is 33.8 Å². The van der Waals surface area contributed by atoms with Crippen molar-refractivity contribution in [3.05, 3.63) is 21.9 Å². The van der Waals surface area contributed by atoms with Crippen LogP contribution < -0.4 is 5.73 Å². The highest BCUT2D eigenvalue weighted by Gasteiger charge is 2.28. The Balaban J connectivity index is 2.03. The molecular weight excluding hydrogens is 248 g/mol. The summed E-state index contributed by atoms with van der Waals surface area (Å²) in [6.45, 7) is 3.06. The lowest BCUT2D eigenvalue weighted by Gasteiger charge is -2.32. The highest BCUT2D eigenvalue weighted by atomic mass is 32.1. The third-order valence-electron chi connectivity index (χ3n) is 3.30. The van der Waals surface area contributed by atoms with Crippen molar-refractivity contribution in [1.29, 1.82) is 0 Å². The van der Waals surface area contributed by atoms with Crippen molar-refractivity contribution in [3.63, 3.8) is 0 Å². The van der Waals surface area contributed by atoms with Gasteiger partial charge in [0.1, 0.15) is 0 Å². The molecule has 1 aliphatic rings. The van der Waals surface area contributed by atoms with Gasteiger partial charge >= 0.3 is 0 Å². The van der Waals surface area contributed by atoms with Crippen LogP contribution in [0.3, 0.4) is 0 Å². The maximum Gasteiger partial charge on any atom is 0.234 e. The highest BCUT2D eigenvalue weighted by molar-refractivity contribution is 7.14. The Labute approximate surface area is 111 Å². The van der Waals surface area contributed by atoms with E-state index in [-0.39, 0.29) is 17.7 Å². The molecule has 0 radical (unpaired) electrons. The number of primary amides is 1. The van der Waals surface area contributed by atoms with Crippen LogP contribution in [0.15, 0.2) is 12.1 Å². The molecule has 5 heteroatoms. The fourth-order valence-electron chi connectivity index (χ4n) is 2.35. The lowest BCUT2D eigenvalue weighted by atomic mass is 10.0. The number of likely N-dealkylation sites (tertiary alicyclic amines) is 1. The van der Waals surface area contributed by atoms with Crippen LogP contribution >= 0.6 is 11.3 Å². The zero-order chi connectivity index (χ0) is 13.1. The summed E-state index contributed by atoms with van der Waals surface area (Å²) in [6, 6.07) is 3.52. The molecule has 1 atom stereocenters. The van der Waals surface area contributed by atoms with E-state index in [1.54, 1.807) is 0 Å². The van der Waals surface area contributed by atoms with Gasteiger partial charge in [0, 0.05) is 4.88 Å². The van der Waals surface area contributed by atoms with Gasteiger partial charge in [-0.3, -0.25) is 14.5 Å². The van der Waals surface area contributed by atoms with Crippen LogP contribution in [0.25, 0.3) is 0 Å². The van der Waals surface area contributed by atoms with Crippen molar-refractivity contribution >= 4 is 23.0 Å². The van der Waals surface area contributed by atoms with Crippen LogP contribution in [0.4, 0.5) is 0 Å². The van der Waals surface area contributed by atoms with Gasteiger partial charge in [-0.2, -0.15) is 0 Å². The molecule has 1 fully saturated rings. The van der Waals surface area contributed by atoms with Crippen LogP contribution in [0, 0.1) is 6.92 Å². The number of thiophene rings is 1. The number of hydrogen-bond acceptors (Lipinski definition) is 4. The zero-order valence-corrected chi connectivity index (χ0v) is 11.3. The summed E-state index contributed by atoms with van der Waals surface area (Å²) in [5, 5.41) is 0. The molecular formula is C13H18N2O2S. The summed E-state index contributed by atoms with van der Waals surface area (Å²) in [5.74, 6) is -0.230. The Hall–Kier alpha value is -1.20. The van der Waals surface area contributed by atoms with Crippen molar-refractivity contribution in [1.82, 2.24) is 4.90 Å². The quantitative estimate of drug-likeness (QED) is 0.842. The molecule has 2 heterocycles. The molecule has 0 aliphatic carbocycles. The summed E-state index contributed by atoms with van der Waals surface area (Å²) in [4.78, 5) is 27.3. The van der Waals surface area contributed by atoms with E-state index in [1.807, 2.05) is 24.0 Å². The van der Waals surface area contributed by atoms with Gasteiger partial charge in [0.15, 0.2) is 5.78 Å². The SMILES string of the molecule is Cc1ccc(C(=O)CN2CCCCC2C(N)=O)s1. The van der Waals surface area contributed by atoms with Gasteiger partial charge in [0.25, 0.3) is 0 Å². The largest absolute Gasteiger partial charge is 0.368 e. The Kier molecular flexibility index (Phi) is 4.14. The summed E-state index contributed by atoms with van der Waals surface area (Å²) >= 11 is 1.50. The van der Waals surface area contributed by atoms with E-state index in [0.29, 0.717) is 6.54 Å². The molecule has 2 rings (SSSR count). The lowest BCUT2D eigenvalue weighted by Crippen LogP contribution is -2.49. The minimum absolute atomic E-state index is 0.0845. The van der Waals surface area contributed by atoms with Crippen molar-refractivity contribution in [2.24, 2.45) is 5.73 Å². The first-order valence-electron chi connectivity index (χ1n) is 6.21. The van der Waals surface area contributed by atoms with Crippen molar-refractivity contribution < 1.29 is 9.59 Å². The monoisotopic (exact) mass is 266 g/mol. The fourth-order valence-corrected chi connectivity index (χ4v) is 3.15. The predicted molar refractivity (Wildman–Crippen MR) is 71.8 cm³/mol. The number of Topliss-reactive ketones (excluding diaryl/α,β-unsaturated/α-hetero) is 1. The van der Waals surface area contributed by atoms with E-state index >= 15 is 0 Å². The van der Waals surface area contributed by atoms with Gasteiger partial charge in [-0.15, -0.1) is 11.3 Å². The Bertz CT molecular complexity index is 456. The maximum atomic E-state index is 12.1. The normalized spacial score (nSPS) is 20.8. The average molecular weight is 266 g/mol. The van der Waals surface area contributed by atoms with Crippen molar-refractivity contribution in [2.45, 2.75) is 32.2 Å². The smallest absolute Gasteiger partial charge is 0.234 e. The second kappa shape index (κ2) is 5.63. The van der Waals surface area contributed by atoms with Gasteiger partial charge in [-0.25, -0.2) is 0 Å². The van der Waals surface area contributed by atoms with E-state index in [4.69, 9.17) is 5.73 Å². The number of carbonyl (C=O) groups is 2. The van der Waals surface area contributed by atoms with Crippen LogP contribution in [0.5, 0.6) is 0 Å². The van der Waals surface area contributed by atoms with Crippen molar-refractivity contribution in [2.75, 3.05) is 13.1 Å². The summed E-state index contributed by atoms with van der Waals surface area (Å²) in [7, 11) is 0. The Morgan fingerprint density at radius 3 is 2.83 bits per heavy atom. The van der Waals surface area contributed by atoms with Gasteiger partial charge in [0.05, 0.1) is 17.5 Å². The maximum absolute atomic E-state index is 12.1. The average Bonchev–Trinajstić information content (AvgIpc) is 2.76. The fraction of sp³-hybridized carbons (Fsp3) is 0.538. The summed E-state index contributed by atoms with van der Waals surface area (Å²) in [5.41, 5.74) is 5.39. The first kappa shape index (κ1) is 13.2. The van der Waals surface area contributed by atoms with E-state index in [1.165, 1.54) is 11.3 Å². The van der Waals surface area contributed by atoms with Crippen LogP contribution in [-0.4, -0.2) is 35.7 Å². The number of hydrogen-bond donors (Lipinski definition) is 1. The number of piperidine rings is 1. The molecule has 1 aromatic heterocycles. The molecule has 1 unspecified atom stereocenters. The second-order valence-electron chi connectivity index (χ2n) is 4.72. The van der Waals surface area contributed by atoms with E-state index in [9.17, 15) is 9.59 Å². The molecule has 4 nitrogen and oxygen atoms in total. The first-order valence-corrected chi connectivity index (χ1v) is 7.02. The lowest BCUT2D eigenvalue weighted by molar-refractivity contribution is -0.124. The van der Waals surface area contributed by atoms with E-state index < -0.39 is 0 Å². The van der Waals surface area contributed by atoms with Crippen molar-refractivity contribution in [3.8, 4) is 0 Å². The first-order chi connectivity index (χ1) is 8.58. The molecule has 0 spiro atoms. The van der Waals surface area contributed by atoms with E-state index in [0.717, 1.165) is 35.6 Å². The van der Waals surface area contributed by atoms with Crippen LogP contribution in [0.2, 0.25) is 0 Å². The summed E-state index contributed by atoms with van der Waals surface area (Å²) < 4.78 is 0. The number of nitrogens with zero attached hydrogens (tertiary/aromatic N) is 1. The molecule has 0 aromatic carbocycles. The number of carbonyl (C=O) groups excluding carboxylic acids is 2. The molecule has 98 valence electrons. The van der Waals surface area contributed by atoms with Gasteiger partial charge < -0.3 is 5.73 Å². The molecule has 0 bridgehead atoms. The minimum Gasteiger partial charge on any atom is -0.368 e.